The van der Waals surface area contributed by atoms with Gasteiger partial charge in [0.05, 0.1) is 0 Å². The summed E-state index contributed by atoms with van der Waals surface area (Å²) in [5, 5.41) is 3.84. The fourth-order valence-electron chi connectivity index (χ4n) is 4.04. The summed E-state index contributed by atoms with van der Waals surface area (Å²) < 4.78 is 0. The summed E-state index contributed by atoms with van der Waals surface area (Å²) in [4.78, 5) is 2.82. The van der Waals surface area contributed by atoms with Gasteiger partial charge in [0.15, 0.2) is 0 Å². The van der Waals surface area contributed by atoms with Crippen molar-refractivity contribution in [2.75, 3.05) is 19.6 Å². The van der Waals surface area contributed by atoms with Crippen molar-refractivity contribution < 1.29 is 0 Å². The van der Waals surface area contributed by atoms with Crippen molar-refractivity contribution in [1.29, 1.82) is 0 Å². The van der Waals surface area contributed by atoms with Gasteiger partial charge in [-0.3, -0.25) is 4.90 Å². The van der Waals surface area contributed by atoms with E-state index in [1.54, 1.807) is 0 Å². The first kappa shape index (κ1) is 16.3. The average molecular weight is 281 g/mol. The molecule has 0 radical (unpaired) electrons. The molecule has 0 amide bonds. The van der Waals surface area contributed by atoms with Crippen LogP contribution in [0.15, 0.2) is 0 Å². The zero-order valence-electron chi connectivity index (χ0n) is 14.2. The second-order valence-electron chi connectivity index (χ2n) is 7.91. The van der Waals surface area contributed by atoms with Crippen molar-refractivity contribution in [3.05, 3.63) is 0 Å². The minimum atomic E-state index is 0.745. The molecule has 1 aliphatic heterocycles. The monoisotopic (exact) mass is 280 g/mol. The Morgan fingerprint density at radius 3 is 2.50 bits per heavy atom. The normalized spacial score (nSPS) is 35.2. The predicted octanol–water partition coefficient (Wildman–Crippen LogP) is 3.91. The van der Waals surface area contributed by atoms with Crippen LogP contribution in [0, 0.1) is 17.8 Å². The van der Waals surface area contributed by atoms with E-state index in [1.807, 2.05) is 0 Å². The van der Waals surface area contributed by atoms with Gasteiger partial charge in [-0.15, -0.1) is 0 Å². The number of rotatable bonds is 7. The molecule has 1 heterocycles. The summed E-state index contributed by atoms with van der Waals surface area (Å²) >= 11 is 0. The van der Waals surface area contributed by atoms with Crippen molar-refractivity contribution in [3.8, 4) is 0 Å². The van der Waals surface area contributed by atoms with Gasteiger partial charge >= 0.3 is 0 Å². The van der Waals surface area contributed by atoms with Crippen molar-refractivity contribution in [2.45, 2.75) is 78.3 Å². The molecule has 2 fully saturated rings. The molecule has 1 saturated heterocycles. The number of likely N-dealkylation sites (tertiary alicyclic amines) is 1. The van der Waals surface area contributed by atoms with Crippen molar-refractivity contribution in [2.24, 2.45) is 17.8 Å². The Bertz CT molecular complexity index is 271. The third kappa shape index (κ3) is 4.73. The molecule has 2 unspecified atom stereocenters. The van der Waals surface area contributed by atoms with Crippen LogP contribution in [0.5, 0.6) is 0 Å². The van der Waals surface area contributed by atoms with Gasteiger partial charge < -0.3 is 5.32 Å². The molecular weight excluding hydrogens is 244 g/mol. The van der Waals surface area contributed by atoms with Crippen LogP contribution in [-0.4, -0.2) is 36.6 Å². The van der Waals surface area contributed by atoms with E-state index in [9.17, 15) is 0 Å². The maximum atomic E-state index is 3.84. The first-order chi connectivity index (χ1) is 9.58. The van der Waals surface area contributed by atoms with Gasteiger partial charge in [-0.05, 0) is 56.4 Å². The number of piperidine rings is 1. The minimum Gasteiger partial charge on any atom is -0.313 e. The Morgan fingerprint density at radius 1 is 1.15 bits per heavy atom. The van der Waals surface area contributed by atoms with Crippen LogP contribution in [0.2, 0.25) is 0 Å². The van der Waals surface area contributed by atoms with Crippen molar-refractivity contribution in [3.63, 3.8) is 0 Å². The van der Waals surface area contributed by atoms with Crippen LogP contribution in [0.3, 0.4) is 0 Å². The Hall–Kier alpha value is -0.0800. The Morgan fingerprint density at radius 2 is 1.90 bits per heavy atom. The van der Waals surface area contributed by atoms with E-state index < -0.39 is 0 Å². The van der Waals surface area contributed by atoms with Crippen molar-refractivity contribution >= 4 is 0 Å². The Balaban J connectivity index is 1.80. The highest BCUT2D eigenvalue weighted by atomic mass is 15.2. The lowest BCUT2D eigenvalue weighted by molar-refractivity contribution is 0.0317. The molecule has 20 heavy (non-hydrogen) atoms. The van der Waals surface area contributed by atoms with Crippen LogP contribution in [0.25, 0.3) is 0 Å². The largest absolute Gasteiger partial charge is 0.313 e. The molecular formula is C18H36N2. The molecule has 2 aliphatic rings. The highest BCUT2D eigenvalue weighted by molar-refractivity contribution is 4.92. The fraction of sp³-hybridized carbons (Fsp3) is 1.00. The quantitative estimate of drug-likeness (QED) is 0.760. The van der Waals surface area contributed by atoms with E-state index in [1.165, 1.54) is 58.2 Å². The van der Waals surface area contributed by atoms with Crippen molar-refractivity contribution in [1.82, 2.24) is 10.2 Å². The van der Waals surface area contributed by atoms with E-state index in [4.69, 9.17) is 0 Å². The number of hydrogen-bond acceptors (Lipinski definition) is 2. The highest BCUT2D eigenvalue weighted by Gasteiger charge is 2.35. The third-order valence-corrected chi connectivity index (χ3v) is 5.28. The molecule has 2 rings (SSSR count). The van der Waals surface area contributed by atoms with Crippen LogP contribution in [0.1, 0.15) is 66.2 Å². The van der Waals surface area contributed by atoms with Gasteiger partial charge in [-0.2, -0.15) is 0 Å². The molecule has 118 valence electrons. The van der Waals surface area contributed by atoms with Crippen LogP contribution >= 0.6 is 0 Å². The van der Waals surface area contributed by atoms with E-state index >= 15 is 0 Å². The molecule has 2 nitrogen and oxygen atoms in total. The zero-order valence-corrected chi connectivity index (χ0v) is 14.2. The topological polar surface area (TPSA) is 15.3 Å². The molecule has 1 aliphatic carbocycles. The summed E-state index contributed by atoms with van der Waals surface area (Å²) in [5.41, 5.74) is 0. The second-order valence-corrected chi connectivity index (χ2v) is 7.91. The maximum Gasteiger partial charge on any atom is 0.0198 e. The molecule has 0 aromatic carbocycles. The zero-order chi connectivity index (χ0) is 14.5. The number of nitrogens with one attached hydrogen (secondary N) is 1. The lowest BCUT2D eigenvalue weighted by Crippen LogP contribution is -2.55. The molecule has 2 heteroatoms. The summed E-state index contributed by atoms with van der Waals surface area (Å²) in [5.74, 6) is 2.72. The smallest absolute Gasteiger partial charge is 0.0198 e. The highest BCUT2D eigenvalue weighted by Crippen LogP contribution is 2.34. The van der Waals surface area contributed by atoms with E-state index in [-0.39, 0.29) is 0 Å². The first-order valence-electron chi connectivity index (χ1n) is 9.05. The van der Waals surface area contributed by atoms with Crippen LogP contribution in [0.4, 0.5) is 0 Å². The molecule has 0 aromatic heterocycles. The second kappa shape index (κ2) is 7.79. The molecule has 0 aromatic rings. The minimum absolute atomic E-state index is 0.745. The van der Waals surface area contributed by atoms with E-state index in [2.05, 4.69) is 37.9 Å². The molecule has 1 N–H and O–H groups in total. The summed E-state index contributed by atoms with van der Waals surface area (Å²) in [6, 6.07) is 1.65. The van der Waals surface area contributed by atoms with Crippen LogP contribution in [-0.2, 0) is 0 Å². The van der Waals surface area contributed by atoms with Gasteiger partial charge in [0, 0.05) is 25.2 Å². The Labute approximate surface area is 126 Å². The fourth-order valence-corrected chi connectivity index (χ4v) is 4.04. The summed E-state index contributed by atoms with van der Waals surface area (Å²) in [7, 11) is 0. The number of hydrogen-bond donors (Lipinski definition) is 1. The van der Waals surface area contributed by atoms with E-state index in [0.717, 1.165) is 29.8 Å². The first-order valence-corrected chi connectivity index (χ1v) is 9.05. The van der Waals surface area contributed by atoms with Gasteiger partial charge in [0.25, 0.3) is 0 Å². The van der Waals surface area contributed by atoms with Crippen LogP contribution < -0.4 is 5.32 Å². The SMILES string of the molecule is CCCC1CC(NCCC(C)C)CN(C2CC(C)C2)C1. The van der Waals surface area contributed by atoms with E-state index in [0.29, 0.717) is 0 Å². The molecule has 0 bridgehead atoms. The standard InChI is InChI=1S/C18H36N2/c1-5-6-16-11-17(19-8-7-14(2)3)13-20(12-16)18-9-15(4)10-18/h14-19H,5-13H2,1-4H3. The lowest BCUT2D eigenvalue weighted by Gasteiger charge is -2.48. The number of nitrogens with zero attached hydrogens (tertiary/aromatic N) is 1. The molecule has 2 atom stereocenters. The Kier molecular flexibility index (Phi) is 6.35. The summed E-state index contributed by atoms with van der Waals surface area (Å²) in [6.07, 6.45) is 8.37. The summed E-state index contributed by atoms with van der Waals surface area (Å²) in [6.45, 7) is 13.3. The van der Waals surface area contributed by atoms with Gasteiger partial charge in [0.1, 0.15) is 0 Å². The molecule has 0 spiro atoms. The lowest BCUT2D eigenvalue weighted by atomic mass is 9.78. The average Bonchev–Trinajstić information content (AvgIpc) is 2.35. The maximum absolute atomic E-state index is 3.84. The third-order valence-electron chi connectivity index (χ3n) is 5.28. The predicted molar refractivity (Wildman–Crippen MR) is 88.0 cm³/mol. The van der Waals surface area contributed by atoms with Gasteiger partial charge in [-0.1, -0.05) is 34.1 Å². The van der Waals surface area contributed by atoms with Gasteiger partial charge in [-0.25, -0.2) is 0 Å². The van der Waals surface area contributed by atoms with Gasteiger partial charge in [0.2, 0.25) is 0 Å². The molecule has 1 saturated carbocycles.